The molecule has 0 aliphatic rings. The zero-order valence-electron chi connectivity index (χ0n) is 6.50. The molecule has 0 amide bonds. The van der Waals surface area contributed by atoms with Crippen molar-refractivity contribution in [1.82, 2.24) is 0 Å². The second-order valence-electron chi connectivity index (χ2n) is 2.45. The summed E-state index contributed by atoms with van der Waals surface area (Å²) in [5, 5.41) is 0. The van der Waals surface area contributed by atoms with E-state index in [1.165, 1.54) is 5.56 Å². The van der Waals surface area contributed by atoms with Crippen molar-refractivity contribution >= 4 is 22.0 Å². The minimum Gasteiger partial charge on any atom is -0.0848 e. The quantitative estimate of drug-likeness (QED) is 0.657. The molecule has 0 bridgehead atoms. The first-order chi connectivity index (χ1) is 5.29. The van der Waals surface area contributed by atoms with Gasteiger partial charge in [-0.1, -0.05) is 58.4 Å². The number of benzene rings is 1. The third-order valence-corrected chi connectivity index (χ3v) is 1.66. The van der Waals surface area contributed by atoms with Gasteiger partial charge in [0.25, 0.3) is 0 Å². The van der Waals surface area contributed by atoms with Gasteiger partial charge in [0.15, 0.2) is 0 Å². The van der Waals surface area contributed by atoms with Crippen molar-refractivity contribution in [3.63, 3.8) is 0 Å². The molecular weight excluding hydrogens is 200 g/mol. The summed E-state index contributed by atoms with van der Waals surface area (Å²) in [6, 6.07) is 10.3. The molecule has 0 aliphatic carbocycles. The van der Waals surface area contributed by atoms with Crippen LogP contribution in [0.1, 0.15) is 12.5 Å². The van der Waals surface area contributed by atoms with Crippen molar-refractivity contribution in [2.45, 2.75) is 11.8 Å². The molecule has 11 heavy (non-hydrogen) atoms. The zero-order valence-corrected chi connectivity index (χ0v) is 8.08. The van der Waals surface area contributed by atoms with Gasteiger partial charge < -0.3 is 0 Å². The minimum atomic E-state index is 0.447. The Balaban J connectivity index is 2.65. The molecule has 0 saturated carbocycles. The van der Waals surface area contributed by atoms with Gasteiger partial charge in [-0.05, 0) is 12.5 Å². The molecule has 1 rings (SSSR count). The van der Waals surface area contributed by atoms with Crippen LogP contribution >= 0.6 is 15.9 Å². The Morgan fingerprint density at radius 1 is 1.27 bits per heavy atom. The lowest BCUT2D eigenvalue weighted by Crippen LogP contribution is -1.79. The Kier molecular flexibility index (Phi) is 3.37. The lowest BCUT2D eigenvalue weighted by molar-refractivity contribution is 1.28. The van der Waals surface area contributed by atoms with E-state index in [1.807, 2.05) is 18.2 Å². The molecule has 0 nitrogen and oxygen atoms in total. The molecule has 0 aliphatic heterocycles. The largest absolute Gasteiger partial charge is 0.0848 e. The monoisotopic (exact) mass is 210 g/mol. The smallest absolute Gasteiger partial charge is 0.0300 e. The van der Waals surface area contributed by atoms with E-state index in [-0.39, 0.29) is 0 Å². The summed E-state index contributed by atoms with van der Waals surface area (Å²) < 4.78 is 0. The first-order valence-electron chi connectivity index (χ1n) is 3.66. The number of rotatable bonds is 2. The van der Waals surface area contributed by atoms with Crippen LogP contribution in [-0.4, -0.2) is 4.83 Å². The fourth-order valence-electron chi connectivity index (χ4n) is 0.808. The molecule has 0 fully saturated rings. The van der Waals surface area contributed by atoms with Crippen molar-refractivity contribution in [2.75, 3.05) is 0 Å². The number of alkyl halides is 1. The molecule has 58 valence electrons. The maximum Gasteiger partial charge on any atom is 0.0300 e. The van der Waals surface area contributed by atoms with E-state index in [9.17, 15) is 0 Å². The predicted molar refractivity (Wildman–Crippen MR) is 53.9 cm³/mol. The van der Waals surface area contributed by atoms with Crippen LogP contribution in [0.3, 0.4) is 0 Å². The summed E-state index contributed by atoms with van der Waals surface area (Å²) in [5.74, 6) is 0. The van der Waals surface area contributed by atoms with Crippen LogP contribution in [0.15, 0.2) is 36.4 Å². The van der Waals surface area contributed by atoms with Crippen molar-refractivity contribution < 1.29 is 0 Å². The van der Waals surface area contributed by atoms with Crippen molar-refractivity contribution in [3.8, 4) is 0 Å². The highest BCUT2D eigenvalue weighted by Crippen LogP contribution is 2.05. The zero-order chi connectivity index (χ0) is 8.10. The van der Waals surface area contributed by atoms with Crippen LogP contribution in [0.5, 0.6) is 0 Å². The Hall–Kier alpha value is -0.560. The van der Waals surface area contributed by atoms with E-state index in [2.05, 4.69) is 47.1 Å². The van der Waals surface area contributed by atoms with Crippen LogP contribution in [0.4, 0.5) is 0 Å². The third kappa shape index (κ3) is 3.38. The van der Waals surface area contributed by atoms with Crippen LogP contribution in [0, 0.1) is 0 Å². The normalized spacial score (nSPS) is 13.6. The fourth-order valence-corrected chi connectivity index (χ4v) is 0.960. The van der Waals surface area contributed by atoms with E-state index in [0.29, 0.717) is 4.83 Å². The first kappa shape index (κ1) is 8.54. The van der Waals surface area contributed by atoms with Crippen molar-refractivity contribution in [1.29, 1.82) is 0 Å². The average molecular weight is 211 g/mol. The van der Waals surface area contributed by atoms with E-state index in [1.54, 1.807) is 0 Å². The van der Waals surface area contributed by atoms with Crippen molar-refractivity contribution in [2.24, 2.45) is 0 Å². The average Bonchev–Trinajstić information content (AvgIpc) is 2.03. The topological polar surface area (TPSA) is 0 Å². The SMILES string of the molecule is CC(Br)/C=C/c1ccccc1. The Bertz CT molecular complexity index is 224. The van der Waals surface area contributed by atoms with E-state index in [0.717, 1.165) is 0 Å². The number of hydrogen-bond donors (Lipinski definition) is 0. The highest BCUT2D eigenvalue weighted by Gasteiger charge is 1.86. The lowest BCUT2D eigenvalue weighted by Gasteiger charge is -1.92. The molecule has 1 aromatic carbocycles. The van der Waals surface area contributed by atoms with Crippen LogP contribution in [-0.2, 0) is 0 Å². The van der Waals surface area contributed by atoms with Gasteiger partial charge in [0.05, 0.1) is 0 Å². The molecule has 0 heterocycles. The first-order valence-corrected chi connectivity index (χ1v) is 4.58. The van der Waals surface area contributed by atoms with Gasteiger partial charge in [0.1, 0.15) is 0 Å². The molecule has 1 heteroatoms. The molecule has 0 spiro atoms. The Labute approximate surface area is 76.1 Å². The summed E-state index contributed by atoms with van der Waals surface area (Å²) in [4.78, 5) is 0.447. The highest BCUT2D eigenvalue weighted by atomic mass is 79.9. The van der Waals surface area contributed by atoms with E-state index in [4.69, 9.17) is 0 Å². The third-order valence-electron chi connectivity index (χ3n) is 1.35. The van der Waals surface area contributed by atoms with Gasteiger partial charge in [-0.2, -0.15) is 0 Å². The maximum atomic E-state index is 3.45. The second kappa shape index (κ2) is 4.35. The Morgan fingerprint density at radius 2 is 1.91 bits per heavy atom. The lowest BCUT2D eigenvalue weighted by atomic mass is 10.2. The summed E-state index contributed by atoms with van der Waals surface area (Å²) in [6.07, 6.45) is 4.23. The molecule has 1 atom stereocenters. The minimum absolute atomic E-state index is 0.447. The van der Waals surface area contributed by atoms with Gasteiger partial charge in [-0.15, -0.1) is 0 Å². The van der Waals surface area contributed by atoms with Crippen LogP contribution < -0.4 is 0 Å². The highest BCUT2D eigenvalue weighted by molar-refractivity contribution is 9.09. The summed E-state index contributed by atoms with van der Waals surface area (Å²) in [7, 11) is 0. The van der Waals surface area contributed by atoms with Gasteiger partial charge >= 0.3 is 0 Å². The summed E-state index contributed by atoms with van der Waals surface area (Å²) >= 11 is 3.45. The molecule has 0 aromatic heterocycles. The molecule has 0 N–H and O–H groups in total. The molecule has 0 saturated heterocycles. The fraction of sp³-hybridized carbons (Fsp3) is 0.200. The molecule has 1 aromatic rings. The van der Waals surface area contributed by atoms with Crippen LogP contribution in [0.2, 0.25) is 0 Å². The number of allylic oxidation sites excluding steroid dienone is 1. The van der Waals surface area contributed by atoms with Crippen molar-refractivity contribution in [3.05, 3.63) is 42.0 Å². The standard InChI is InChI=1S/C10H11Br/c1-9(11)7-8-10-5-3-2-4-6-10/h2-9H,1H3/b8-7+. The summed E-state index contributed by atoms with van der Waals surface area (Å²) in [5.41, 5.74) is 1.25. The summed E-state index contributed by atoms with van der Waals surface area (Å²) in [6.45, 7) is 2.10. The van der Waals surface area contributed by atoms with Gasteiger partial charge in [0.2, 0.25) is 0 Å². The molecule has 0 radical (unpaired) electrons. The van der Waals surface area contributed by atoms with Gasteiger partial charge in [-0.25, -0.2) is 0 Å². The number of halogens is 1. The van der Waals surface area contributed by atoms with Gasteiger partial charge in [-0.3, -0.25) is 0 Å². The maximum absolute atomic E-state index is 3.45. The molecular formula is C10H11Br. The molecule has 1 unspecified atom stereocenters. The van der Waals surface area contributed by atoms with E-state index < -0.39 is 0 Å². The van der Waals surface area contributed by atoms with Gasteiger partial charge in [0, 0.05) is 4.83 Å². The van der Waals surface area contributed by atoms with Crippen LogP contribution in [0.25, 0.3) is 6.08 Å². The van der Waals surface area contributed by atoms with E-state index >= 15 is 0 Å². The predicted octanol–water partition coefficient (Wildman–Crippen LogP) is 3.48. The second-order valence-corrected chi connectivity index (χ2v) is 3.89. The Morgan fingerprint density at radius 3 is 2.45 bits per heavy atom. The number of hydrogen-bond acceptors (Lipinski definition) is 0.